The summed E-state index contributed by atoms with van der Waals surface area (Å²) < 4.78 is 20.8. The van der Waals surface area contributed by atoms with Gasteiger partial charge in [-0.25, -0.2) is 0 Å². The smallest absolute Gasteiger partial charge is 0.306 e. The zero-order valence-electron chi connectivity index (χ0n) is 15.9. The monoisotopic (exact) mass is 385 g/mol. The van der Waals surface area contributed by atoms with Gasteiger partial charge in [0.05, 0.1) is 13.2 Å². The van der Waals surface area contributed by atoms with Crippen LogP contribution >= 0.6 is 0 Å². The van der Waals surface area contributed by atoms with Gasteiger partial charge in [-0.15, -0.1) is 0 Å². The maximum atomic E-state index is 12.1. The SMILES string of the molecule is COc1ccc(CCC(=O)OCC(=O)N[C@@H](C)c2ccc3c(c2)OCO3)cc1. The molecule has 0 spiro atoms. The molecule has 2 aromatic rings. The second-order valence-electron chi connectivity index (χ2n) is 6.41. The topological polar surface area (TPSA) is 83.1 Å². The van der Waals surface area contributed by atoms with Crippen molar-refractivity contribution < 1.29 is 28.5 Å². The number of nitrogens with one attached hydrogen (secondary N) is 1. The standard InChI is InChI=1S/C21H23NO6/c1-14(16-6-9-18-19(11-16)28-13-27-18)22-20(23)12-26-21(24)10-5-15-3-7-17(25-2)8-4-15/h3-4,6-9,11,14H,5,10,12-13H2,1-2H3,(H,22,23)/t14-/m0/s1. The Hall–Kier alpha value is -3.22. The summed E-state index contributed by atoms with van der Waals surface area (Å²) >= 11 is 0. The van der Waals surface area contributed by atoms with Crippen LogP contribution in [-0.4, -0.2) is 32.4 Å². The van der Waals surface area contributed by atoms with Gasteiger partial charge in [-0.2, -0.15) is 0 Å². The lowest BCUT2D eigenvalue weighted by Crippen LogP contribution is -2.31. The number of carbonyl (C=O) groups is 2. The molecular formula is C21H23NO6. The summed E-state index contributed by atoms with van der Waals surface area (Å²) in [5.74, 6) is 1.33. The van der Waals surface area contributed by atoms with Crippen LogP contribution in [0.1, 0.15) is 30.5 Å². The van der Waals surface area contributed by atoms with Crippen LogP contribution in [0.2, 0.25) is 0 Å². The first kappa shape index (κ1) is 19.5. The number of amides is 1. The highest BCUT2D eigenvalue weighted by Crippen LogP contribution is 2.34. The van der Waals surface area contributed by atoms with Gasteiger partial charge in [0, 0.05) is 6.42 Å². The summed E-state index contributed by atoms with van der Waals surface area (Å²) in [5.41, 5.74) is 1.88. The normalized spacial score (nSPS) is 12.9. The second-order valence-corrected chi connectivity index (χ2v) is 6.41. The van der Waals surface area contributed by atoms with Gasteiger partial charge in [0.25, 0.3) is 5.91 Å². The summed E-state index contributed by atoms with van der Waals surface area (Å²) in [6.07, 6.45) is 0.745. The van der Waals surface area contributed by atoms with Gasteiger partial charge in [-0.1, -0.05) is 18.2 Å². The number of methoxy groups -OCH3 is 1. The van der Waals surface area contributed by atoms with E-state index in [2.05, 4.69) is 5.32 Å². The maximum Gasteiger partial charge on any atom is 0.306 e. The third-order valence-electron chi connectivity index (χ3n) is 4.42. The van der Waals surface area contributed by atoms with Gasteiger partial charge in [-0.05, 0) is 48.7 Å². The number of esters is 1. The Morgan fingerprint density at radius 3 is 2.61 bits per heavy atom. The molecule has 7 heteroatoms. The van der Waals surface area contributed by atoms with Crippen molar-refractivity contribution in [1.29, 1.82) is 0 Å². The quantitative estimate of drug-likeness (QED) is 0.704. The van der Waals surface area contributed by atoms with Gasteiger partial charge in [-0.3, -0.25) is 9.59 Å². The first-order valence-electron chi connectivity index (χ1n) is 9.02. The molecule has 0 saturated heterocycles. The van der Waals surface area contributed by atoms with Crippen LogP contribution in [0, 0.1) is 0 Å². The number of ether oxygens (including phenoxy) is 4. The maximum absolute atomic E-state index is 12.1. The molecule has 1 aliphatic heterocycles. The summed E-state index contributed by atoms with van der Waals surface area (Å²) in [6.45, 7) is 1.74. The first-order valence-corrected chi connectivity index (χ1v) is 9.02. The molecule has 1 amide bonds. The molecule has 1 heterocycles. The fourth-order valence-electron chi connectivity index (χ4n) is 2.81. The Labute approximate surface area is 163 Å². The third-order valence-corrected chi connectivity index (χ3v) is 4.42. The Bertz CT molecular complexity index is 833. The Morgan fingerprint density at radius 1 is 1.11 bits per heavy atom. The lowest BCUT2D eigenvalue weighted by molar-refractivity contribution is -0.148. The largest absolute Gasteiger partial charge is 0.497 e. The van der Waals surface area contributed by atoms with Gasteiger partial charge in [0.2, 0.25) is 6.79 Å². The molecule has 3 rings (SSSR count). The average molecular weight is 385 g/mol. The second kappa shape index (κ2) is 9.12. The van der Waals surface area contributed by atoms with E-state index in [0.717, 1.165) is 16.9 Å². The zero-order valence-corrected chi connectivity index (χ0v) is 15.9. The zero-order chi connectivity index (χ0) is 19.9. The van der Waals surface area contributed by atoms with E-state index < -0.39 is 5.97 Å². The first-order chi connectivity index (χ1) is 13.5. The summed E-state index contributed by atoms with van der Waals surface area (Å²) in [6, 6.07) is 12.7. The molecule has 0 saturated carbocycles. The number of hydrogen-bond donors (Lipinski definition) is 1. The van der Waals surface area contributed by atoms with E-state index in [9.17, 15) is 9.59 Å². The molecule has 1 aliphatic rings. The van der Waals surface area contributed by atoms with Gasteiger partial charge < -0.3 is 24.3 Å². The molecule has 0 bridgehead atoms. The van der Waals surface area contributed by atoms with Crippen molar-refractivity contribution in [3.63, 3.8) is 0 Å². The molecule has 0 aromatic heterocycles. The van der Waals surface area contributed by atoms with Crippen molar-refractivity contribution in [2.24, 2.45) is 0 Å². The molecule has 0 fully saturated rings. The van der Waals surface area contributed by atoms with Crippen molar-refractivity contribution in [3.05, 3.63) is 53.6 Å². The highest BCUT2D eigenvalue weighted by Gasteiger charge is 2.17. The lowest BCUT2D eigenvalue weighted by atomic mass is 10.1. The third kappa shape index (κ3) is 5.16. The minimum Gasteiger partial charge on any atom is -0.497 e. The highest BCUT2D eigenvalue weighted by molar-refractivity contribution is 5.80. The average Bonchev–Trinajstić information content (AvgIpc) is 3.19. The fraction of sp³-hybridized carbons (Fsp3) is 0.333. The molecule has 2 aromatic carbocycles. The minimum atomic E-state index is -0.415. The van der Waals surface area contributed by atoms with Crippen molar-refractivity contribution in [1.82, 2.24) is 5.32 Å². The summed E-state index contributed by atoms with van der Waals surface area (Å²) in [5, 5.41) is 2.80. The Balaban J connectivity index is 1.40. The number of fused-ring (bicyclic) bond motifs is 1. The predicted octanol–water partition coefficient (Wildman–Crippen LogP) is 2.78. The Kier molecular flexibility index (Phi) is 6.37. The molecule has 1 N–H and O–H groups in total. The van der Waals surface area contributed by atoms with Gasteiger partial charge in [0.1, 0.15) is 5.75 Å². The van der Waals surface area contributed by atoms with E-state index in [0.29, 0.717) is 17.9 Å². The van der Waals surface area contributed by atoms with E-state index in [4.69, 9.17) is 18.9 Å². The molecule has 0 aliphatic carbocycles. The van der Waals surface area contributed by atoms with Crippen LogP contribution in [0.5, 0.6) is 17.2 Å². The van der Waals surface area contributed by atoms with Crippen LogP contribution < -0.4 is 19.5 Å². The Morgan fingerprint density at radius 2 is 1.86 bits per heavy atom. The molecule has 0 unspecified atom stereocenters. The van der Waals surface area contributed by atoms with Crippen LogP contribution in [-0.2, 0) is 20.7 Å². The molecule has 28 heavy (non-hydrogen) atoms. The molecule has 7 nitrogen and oxygen atoms in total. The lowest BCUT2D eigenvalue weighted by Gasteiger charge is -2.15. The summed E-state index contributed by atoms with van der Waals surface area (Å²) in [4.78, 5) is 23.9. The molecular weight excluding hydrogens is 362 g/mol. The van der Waals surface area contributed by atoms with Crippen molar-refractivity contribution in [2.75, 3.05) is 20.5 Å². The minimum absolute atomic E-state index is 0.200. The van der Waals surface area contributed by atoms with Crippen molar-refractivity contribution in [3.8, 4) is 17.2 Å². The van der Waals surface area contributed by atoms with E-state index in [1.165, 1.54) is 0 Å². The van der Waals surface area contributed by atoms with Crippen LogP contribution in [0.4, 0.5) is 0 Å². The van der Waals surface area contributed by atoms with Crippen molar-refractivity contribution in [2.45, 2.75) is 25.8 Å². The number of carbonyl (C=O) groups excluding carboxylic acids is 2. The number of rotatable bonds is 8. The molecule has 1 atom stereocenters. The van der Waals surface area contributed by atoms with E-state index >= 15 is 0 Å². The fourth-order valence-corrected chi connectivity index (χ4v) is 2.81. The highest BCUT2D eigenvalue weighted by atomic mass is 16.7. The van der Waals surface area contributed by atoms with E-state index in [1.807, 2.05) is 43.3 Å². The van der Waals surface area contributed by atoms with E-state index in [1.54, 1.807) is 13.2 Å². The van der Waals surface area contributed by atoms with Gasteiger partial charge in [0.15, 0.2) is 18.1 Å². The van der Waals surface area contributed by atoms with E-state index in [-0.39, 0.29) is 31.8 Å². The number of hydrogen-bond acceptors (Lipinski definition) is 6. The number of aryl methyl sites for hydroxylation is 1. The van der Waals surface area contributed by atoms with Crippen LogP contribution in [0.15, 0.2) is 42.5 Å². The van der Waals surface area contributed by atoms with Crippen LogP contribution in [0.25, 0.3) is 0 Å². The molecule has 148 valence electrons. The summed E-state index contributed by atoms with van der Waals surface area (Å²) in [7, 11) is 1.60. The molecule has 0 radical (unpaired) electrons. The number of benzene rings is 2. The van der Waals surface area contributed by atoms with Crippen molar-refractivity contribution >= 4 is 11.9 Å². The van der Waals surface area contributed by atoms with Crippen LogP contribution in [0.3, 0.4) is 0 Å². The predicted molar refractivity (Wildman–Crippen MR) is 101 cm³/mol. The van der Waals surface area contributed by atoms with Gasteiger partial charge >= 0.3 is 5.97 Å².